The molecular weight excluding hydrogens is 312 g/mol. The van der Waals surface area contributed by atoms with Gasteiger partial charge in [0.05, 0.1) is 0 Å². The molecule has 1 aromatic carbocycles. The second-order valence-corrected chi connectivity index (χ2v) is 7.19. The van der Waals surface area contributed by atoms with Crippen molar-refractivity contribution >= 4 is 11.8 Å². The quantitative estimate of drug-likeness (QED) is 0.409. The van der Waals surface area contributed by atoms with E-state index in [9.17, 15) is 5.11 Å². The number of aliphatic hydroxyl groups excluding tert-OH is 1. The minimum atomic E-state index is -0.0921. The first-order chi connectivity index (χ1) is 12.2. The molecule has 25 heavy (non-hydrogen) atoms. The third-order valence-corrected chi connectivity index (χ3v) is 4.84. The number of rotatable bonds is 9. The number of ether oxygens (including phenoxy) is 1. The van der Waals surface area contributed by atoms with E-state index in [1.807, 2.05) is 19.1 Å². The van der Waals surface area contributed by atoms with Crippen molar-refractivity contribution in [3.05, 3.63) is 29.8 Å². The van der Waals surface area contributed by atoms with Gasteiger partial charge in [-0.15, -0.1) is 4.99 Å². The molecule has 1 atom stereocenters. The van der Waals surface area contributed by atoms with Crippen molar-refractivity contribution in [1.82, 2.24) is 4.90 Å². The van der Waals surface area contributed by atoms with E-state index >= 15 is 0 Å². The smallest absolute Gasteiger partial charge is 0.430 e. The van der Waals surface area contributed by atoms with Gasteiger partial charge in [-0.25, -0.2) is 0 Å². The normalized spacial score (nSPS) is 17.4. The molecule has 1 aliphatic heterocycles. The van der Waals surface area contributed by atoms with Gasteiger partial charge in [-0.3, -0.25) is 4.90 Å². The fourth-order valence-electron chi connectivity index (χ4n) is 3.48. The molecule has 0 radical (unpaired) electrons. The van der Waals surface area contributed by atoms with E-state index in [1.54, 1.807) is 0 Å². The maximum Gasteiger partial charge on any atom is 0.551 e. The highest BCUT2D eigenvalue weighted by molar-refractivity contribution is 5.59. The molecule has 1 fully saturated rings. The minimum absolute atomic E-state index is 0.0256. The zero-order valence-corrected chi connectivity index (χ0v) is 16.0. The van der Waals surface area contributed by atoms with Crippen molar-refractivity contribution < 1.29 is 14.8 Å². The number of benzene rings is 1. The summed E-state index contributed by atoms with van der Waals surface area (Å²) in [6.45, 7) is 7.39. The van der Waals surface area contributed by atoms with Crippen LogP contribution in [0.25, 0.3) is 0 Å². The van der Waals surface area contributed by atoms with Gasteiger partial charge in [0, 0.05) is 18.2 Å². The summed E-state index contributed by atoms with van der Waals surface area (Å²) in [5.41, 5.74) is 2.18. The standard InChI is InChI=1S/C21H34N2O2/c1-3-4-5-7-12-19-13-8-9-14-20(19)22-21(24)25-18(2)17-23-15-10-6-11-16-23/h8-9,13-14,18H,3-7,10-12,15-17H2,1-2H3,(H,22,24)/p+1/t18-/m0/s1. The van der Waals surface area contributed by atoms with Crippen LogP contribution >= 0.6 is 0 Å². The molecule has 1 aliphatic rings. The molecule has 140 valence electrons. The number of piperidine rings is 1. The van der Waals surface area contributed by atoms with Crippen molar-refractivity contribution in [1.29, 1.82) is 0 Å². The van der Waals surface area contributed by atoms with E-state index in [-0.39, 0.29) is 12.2 Å². The number of hydrogen-bond acceptors (Lipinski definition) is 2. The number of nitrogens with one attached hydrogen (secondary N) is 1. The SMILES string of the molecule is CCCCCCc1ccccc1[NH+]=C(O)O[C@@H](C)CN1CCCCC1. The van der Waals surface area contributed by atoms with Gasteiger partial charge in [0.1, 0.15) is 6.10 Å². The second kappa shape index (κ2) is 11.1. The molecule has 0 aromatic heterocycles. The summed E-state index contributed by atoms with van der Waals surface area (Å²) in [6.07, 6.45) is 9.75. The molecule has 2 rings (SSSR count). The fourth-order valence-corrected chi connectivity index (χ4v) is 3.48. The predicted octanol–water partition coefficient (Wildman–Crippen LogP) is 3.33. The Hall–Kier alpha value is -1.55. The number of nitrogens with zero attached hydrogens (tertiary/aromatic N) is 1. The van der Waals surface area contributed by atoms with Crippen LogP contribution in [0.5, 0.6) is 0 Å². The molecule has 0 aliphatic carbocycles. The lowest BCUT2D eigenvalue weighted by atomic mass is 10.0. The summed E-state index contributed by atoms with van der Waals surface area (Å²) >= 11 is 0. The third kappa shape index (κ3) is 7.47. The van der Waals surface area contributed by atoms with E-state index in [0.29, 0.717) is 0 Å². The first-order valence-corrected chi connectivity index (χ1v) is 9.99. The lowest BCUT2D eigenvalue weighted by molar-refractivity contribution is -0.384. The second-order valence-electron chi connectivity index (χ2n) is 7.19. The lowest BCUT2D eigenvalue weighted by Crippen LogP contribution is -2.68. The van der Waals surface area contributed by atoms with Crippen LogP contribution < -0.4 is 4.99 Å². The van der Waals surface area contributed by atoms with Gasteiger partial charge in [0.15, 0.2) is 0 Å². The Morgan fingerprint density at radius 3 is 2.68 bits per heavy atom. The molecule has 1 saturated heterocycles. The highest BCUT2D eigenvalue weighted by Gasteiger charge is 2.18. The number of aryl methyl sites for hydroxylation is 1. The Bertz CT molecular complexity index is 524. The first kappa shape index (κ1) is 19.8. The van der Waals surface area contributed by atoms with Crippen LogP contribution in [0.1, 0.15) is 64.4 Å². The van der Waals surface area contributed by atoms with Crippen LogP contribution in [0, 0.1) is 0 Å². The summed E-state index contributed by atoms with van der Waals surface area (Å²) in [7, 11) is 0. The Labute approximate surface area is 152 Å². The number of hydrogen-bond donors (Lipinski definition) is 2. The van der Waals surface area contributed by atoms with Gasteiger partial charge < -0.3 is 9.84 Å². The summed E-state index contributed by atoms with van der Waals surface area (Å²) in [5.74, 6) is 0. The largest absolute Gasteiger partial charge is 0.551 e. The number of likely N-dealkylation sites (tertiary alicyclic amines) is 1. The van der Waals surface area contributed by atoms with Crippen LogP contribution in [0.4, 0.5) is 5.69 Å². The summed E-state index contributed by atoms with van der Waals surface area (Å²) in [5, 5.41) is 10.2. The Balaban J connectivity index is 1.87. The van der Waals surface area contributed by atoms with Crippen LogP contribution in [0.15, 0.2) is 24.3 Å². The Morgan fingerprint density at radius 1 is 1.16 bits per heavy atom. The van der Waals surface area contributed by atoms with Crippen molar-refractivity contribution in [3.63, 3.8) is 0 Å². The first-order valence-electron chi connectivity index (χ1n) is 9.99. The van der Waals surface area contributed by atoms with Crippen molar-refractivity contribution in [2.75, 3.05) is 19.6 Å². The average Bonchev–Trinajstić information content (AvgIpc) is 2.60. The van der Waals surface area contributed by atoms with Crippen LogP contribution in [0.2, 0.25) is 0 Å². The molecule has 4 heteroatoms. The number of para-hydroxylation sites is 1. The average molecular weight is 348 g/mol. The third-order valence-electron chi connectivity index (χ3n) is 4.84. The van der Waals surface area contributed by atoms with Gasteiger partial charge in [-0.1, -0.05) is 50.8 Å². The van der Waals surface area contributed by atoms with Gasteiger partial charge in [0.25, 0.3) is 0 Å². The van der Waals surface area contributed by atoms with Gasteiger partial charge in [-0.05, 0) is 45.7 Å². The highest BCUT2D eigenvalue weighted by atomic mass is 16.6. The van der Waals surface area contributed by atoms with E-state index in [4.69, 9.17) is 4.74 Å². The van der Waals surface area contributed by atoms with Crippen LogP contribution in [-0.2, 0) is 11.2 Å². The molecule has 1 aromatic rings. The summed E-state index contributed by atoms with van der Waals surface area (Å²) in [6, 6.07) is 8.17. The monoisotopic (exact) mass is 347 g/mol. The van der Waals surface area contributed by atoms with Crippen molar-refractivity contribution in [2.24, 2.45) is 0 Å². The van der Waals surface area contributed by atoms with E-state index in [1.165, 1.54) is 50.5 Å². The van der Waals surface area contributed by atoms with Gasteiger partial charge in [0.2, 0.25) is 5.69 Å². The molecule has 0 spiro atoms. The van der Waals surface area contributed by atoms with Gasteiger partial charge >= 0.3 is 6.08 Å². The van der Waals surface area contributed by atoms with Crippen molar-refractivity contribution in [3.8, 4) is 0 Å². The summed E-state index contributed by atoms with van der Waals surface area (Å²) < 4.78 is 5.67. The van der Waals surface area contributed by atoms with E-state index in [2.05, 4.69) is 28.9 Å². The molecule has 0 unspecified atom stereocenters. The maximum absolute atomic E-state index is 10.2. The zero-order valence-electron chi connectivity index (χ0n) is 16.0. The Morgan fingerprint density at radius 2 is 1.92 bits per heavy atom. The molecule has 4 nitrogen and oxygen atoms in total. The molecule has 0 amide bonds. The fraction of sp³-hybridized carbons (Fsp3) is 0.667. The number of aliphatic hydroxyl groups is 1. The van der Waals surface area contributed by atoms with Crippen LogP contribution in [0.3, 0.4) is 0 Å². The maximum atomic E-state index is 10.2. The minimum Gasteiger partial charge on any atom is -0.430 e. The molecule has 0 bridgehead atoms. The summed E-state index contributed by atoms with van der Waals surface area (Å²) in [4.78, 5) is 5.47. The van der Waals surface area contributed by atoms with Crippen LogP contribution in [-0.4, -0.2) is 41.8 Å². The topological polar surface area (TPSA) is 46.7 Å². The van der Waals surface area contributed by atoms with Gasteiger partial charge in [-0.2, -0.15) is 0 Å². The molecule has 0 saturated carbocycles. The zero-order chi connectivity index (χ0) is 17.9. The van der Waals surface area contributed by atoms with E-state index < -0.39 is 0 Å². The molecule has 1 heterocycles. The number of unbranched alkanes of at least 4 members (excludes halogenated alkanes) is 3. The molecular formula is C21H35N2O2+. The molecule has 2 N–H and O–H groups in total. The Kier molecular flexibility index (Phi) is 8.81. The van der Waals surface area contributed by atoms with E-state index in [0.717, 1.165) is 31.7 Å². The highest BCUT2D eigenvalue weighted by Crippen LogP contribution is 2.14. The van der Waals surface area contributed by atoms with Crippen molar-refractivity contribution in [2.45, 2.75) is 71.3 Å². The predicted molar refractivity (Wildman–Crippen MR) is 103 cm³/mol. The lowest BCUT2D eigenvalue weighted by Gasteiger charge is -2.28.